The molecule has 1 aromatic heterocycles. The van der Waals surface area contributed by atoms with Crippen LogP contribution in [0.1, 0.15) is 25.5 Å². The van der Waals surface area contributed by atoms with Crippen LogP contribution in [0.4, 0.5) is 0 Å². The van der Waals surface area contributed by atoms with Crippen LogP contribution in [-0.4, -0.2) is 24.3 Å². The molecule has 0 radical (unpaired) electrons. The first-order chi connectivity index (χ1) is 7.90. The molecule has 0 bridgehead atoms. The van der Waals surface area contributed by atoms with Crippen molar-refractivity contribution < 1.29 is 4.74 Å². The van der Waals surface area contributed by atoms with Gasteiger partial charge >= 0.3 is 0 Å². The van der Waals surface area contributed by atoms with Crippen molar-refractivity contribution in [2.75, 3.05) is 19.8 Å². The van der Waals surface area contributed by atoms with Gasteiger partial charge in [-0.1, -0.05) is 0 Å². The van der Waals surface area contributed by atoms with Crippen LogP contribution >= 0.6 is 0 Å². The Bertz CT molecular complexity index is 303. The number of hydrogen-bond donors (Lipinski definition) is 1. The zero-order valence-corrected chi connectivity index (χ0v) is 10.1. The Morgan fingerprint density at radius 3 is 3.00 bits per heavy atom. The lowest BCUT2D eigenvalue weighted by molar-refractivity contribution is 0.0662. The van der Waals surface area contributed by atoms with Crippen molar-refractivity contribution in [1.82, 2.24) is 9.88 Å². The fraction of sp³-hybridized carbons (Fsp3) is 0.692. The van der Waals surface area contributed by atoms with Crippen LogP contribution in [0.5, 0.6) is 0 Å². The SMILES string of the molecule is CCn1cccc1CNCC1CCOCC1. The predicted octanol–water partition coefficient (Wildman–Crippen LogP) is 2.02. The molecule has 0 unspecified atom stereocenters. The van der Waals surface area contributed by atoms with Gasteiger partial charge in [0.15, 0.2) is 0 Å². The summed E-state index contributed by atoms with van der Waals surface area (Å²) in [5.74, 6) is 0.804. The van der Waals surface area contributed by atoms with Gasteiger partial charge in [-0.05, 0) is 44.4 Å². The summed E-state index contributed by atoms with van der Waals surface area (Å²) in [6.45, 7) is 7.23. The van der Waals surface area contributed by atoms with Crippen LogP contribution in [-0.2, 0) is 17.8 Å². The number of nitrogens with one attached hydrogen (secondary N) is 1. The highest BCUT2D eigenvalue weighted by molar-refractivity contribution is 5.06. The first-order valence-electron chi connectivity index (χ1n) is 6.32. The molecule has 0 atom stereocenters. The average molecular weight is 222 g/mol. The Kier molecular flexibility index (Phi) is 4.43. The van der Waals surface area contributed by atoms with Crippen LogP contribution < -0.4 is 5.32 Å². The van der Waals surface area contributed by atoms with Gasteiger partial charge in [0.25, 0.3) is 0 Å². The molecule has 1 aromatic rings. The highest BCUT2D eigenvalue weighted by Gasteiger charge is 2.12. The lowest BCUT2D eigenvalue weighted by Gasteiger charge is -2.22. The molecule has 16 heavy (non-hydrogen) atoms. The fourth-order valence-corrected chi connectivity index (χ4v) is 2.27. The van der Waals surface area contributed by atoms with E-state index in [1.165, 1.54) is 18.5 Å². The van der Waals surface area contributed by atoms with Gasteiger partial charge in [-0.3, -0.25) is 0 Å². The second-order valence-electron chi connectivity index (χ2n) is 4.47. The standard InChI is InChI=1S/C13H22N2O/c1-2-15-7-3-4-13(15)11-14-10-12-5-8-16-9-6-12/h3-4,7,12,14H,2,5-6,8-11H2,1H3. The van der Waals surface area contributed by atoms with E-state index in [2.05, 4.69) is 35.1 Å². The van der Waals surface area contributed by atoms with Crippen molar-refractivity contribution in [2.45, 2.75) is 32.9 Å². The summed E-state index contributed by atoms with van der Waals surface area (Å²) in [5.41, 5.74) is 1.38. The minimum atomic E-state index is 0.804. The molecule has 2 rings (SSSR count). The number of rotatable bonds is 5. The normalized spacial score (nSPS) is 17.8. The van der Waals surface area contributed by atoms with Crippen molar-refractivity contribution in [1.29, 1.82) is 0 Å². The summed E-state index contributed by atoms with van der Waals surface area (Å²) >= 11 is 0. The molecular formula is C13H22N2O. The smallest absolute Gasteiger partial charge is 0.0469 e. The minimum absolute atomic E-state index is 0.804. The maximum absolute atomic E-state index is 5.36. The molecule has 1 fully saturated rings. The van der Waals surface area contributed by atoms with E-state index < -0.39 is 0 Å². The third kappa shape index (κ3) is 3.09. The molecule has 1 aliphatic heterocycles. The van der Waals surface area contributed by atoms with E-state index in [1.807, 2.05) is 0 Å². The number of hydrogen-bond acceptors (Lipinski definition) is 2. The Labute approximate surface area is 97.8 Å². The molecular weight excluding hydrogens is 200 g/mol. The topological polar surface area (TPSA) is 26.2 Å². The van der Waals surface area contributed by atoms with Crippen LogP contribution in [0, 0.1) is 5.92 Å². The van der Waals surface area contributed by atoms with Crippen LogP contribution in [0.3, 0.4) is 0 Å². The lowest BCUT2D eigenvalue weighted by atomic mass is 10.0. The van der Waals surface area contributed by atoms with Crippen LogP contribution in [0.2, 0.25) is 0 Å². The average Bonchev–Trinajstić information content (AvgIpc) is 2.78. The predicted molar refractivity (Wildman–Crippen MR) is 65.4 cm³/mol. The Morgan fingerprint density at radius 1 is 1.44 bits per heavy atom. The van der Waals surface area contributed by atoms with Gasteiger partial charge in [-0.15, -0.1) is 0 Å². The monoisotopic (exact) mass is 222 g/mol. The van der Waals surface area contributed by atoms with Crippen molar-refractivity contribution in [3.05, 3.63) is 24.0 Å². The molecule has 1 N–H and O–H groups in total. The van der Waals surface area contributed by atoms with Gasteiger partial charge in [0.2, 0.25) is 0 Å². The molecule has 3 nitrogen and oxygen atoms in total. The summed E-state index contributed by atoms with van der Waals surface area (Å²) in [7, 11) is 0. The molecule has 90 valence electrons. The van der Waals surface area contributed by atoms with Crippen LogP contribution in [0.25, 0.3) is 0 Å². The number of aryl methyl sites for hydroxylation is 1. The van der Waals surface area contributed by atoms with Gasteiger partial charge < -0.3 is 14.6 Å². The zero-order chi connectivity index (χ0) is 11.2. The van der Waals surface area contributed by atoms with E-state index in [4.69, 9.17) is 4.74 Å². The van der Waals surface area contributed by atoms with E-state index in [0.29, 0.717) is 0 Å². The number of ether oxygens (including phenoxy) is 1. The molecule has 1 saturated heterocycles. The van der Waals surface area contributed by atoms with E-state index in [0.717, 1.165) is 38.8 Å². The molecule has 0 aromatic carbocycles. The lowest BCUT2D eigenvalue weighted by Crippen LogP contribution is -2.28. The first-order valence-corrected chi connectivity index (χ1v) is 6.32. The highest BCUT2D eigenvalue weighted by Crippen LogP contribution is 2.13. The van der Waals surface area contributed by atoms with Crippen molar-refractivity contribution in [3.63, 3.8) is 0 Å². The fourth-order valence-electron chi connectivity index (χ4n) is 2.27. The van der Waals surface area contributed by atoms with E-state index in [1.54, 1.807) is 0 Å². The van der Waals surface area contributed by atoms with Gasteiger partial charge in [-0.25, -0.2) is 0 Å². The van der Waals surface area contributed by atoms with Gasteiger partial charge in [0, 0.05) is 38.2 Å². The molecule has 3 heteroatoms. The van der Waals surface area contributed by atoms with Crippen molar-refractivity contribution >= 4 is 0 Å². The summed E-state index contributed by atoms with van der Waals surface area (Å²) in [4.78, 5) is 0. The molecule has 0 aliphatic carbocycles. The Morgan fingerprint density at radius 2 is 2.25 bits per heavy atom. The summed E-state index contributed by atoms with van der Waals surface area (Å²) in [6.07, 6.45) is 4.56. The van der Waals surface area contributed by atoms with Gasteiger partial charge in [0.1, 0.15) is 0 Å². The summed E-state index contributed by atoms with van der Waals surface area (Å²) in [5, 5.41) is 3.56. The van der Waals surface area contributed by atoms with Crippen molar-refractivity contribution in [3.8, 4) is 0 Å². The molecule has 0 saturated carbocycles. The Balaban J connectivity index is 1.71. The molecule has 2 heterocycles. The Hall–Kier alpha value is -0.800. The molecule has 0 spiro atoms. The number of nitrogens with zero attached hydrogens (tertiary/aromatic N) is 1. The van der Waals surface area contributed by atoms with E-state index in [-0.39, 0.29) is 0 Å². The maximum atomic E-state index is 5.36. The molecule has 0 amide bonds. The number of aromatic nitrogens is 1. The second-order valence-corrected chi connectivity index (χ2v) is 4.47. The summed E-state index contributed by atoms with van der Waals surface area (Å²) in [6, 6.07) is 4.31. The van der Waals surface area contributed by atoms with Crippen LogP contribution in [0.15, 0.2) is 18.3 Å². The largest absolute Gasteiger partial charge is 0.381 e. The van der Waals surface area contributed by atoms with E-state index in [9.17, 15) is 0 Å². The zero-order valence-electron chi connectivity index (χ0n) is 10.1. The third-order valence-electron chi connectivity index (χ3n) is 3.34. The van der Waals surface area contributed by atoms with Crippen molar-refractivity contribution in [2.24, 2.45) is 5.92 Å². The third-order valence-corrected chi connectivity index (χ3v) is 3.34. The second kappa shape index (κ2) is 6.06. The van der Waals surface area contributed by atoms with Gasteiger partial charge in [-0.2, -0.15) is 0 Å². The molecule has 1 aliphatic rings. The van der Waals surface area contributed by atoms with Gasteiger partial charge in [0.05, 0.1) is 0 Å². The minimum Gasteiger partial charge on any atom is -0.381 e. The first kappa shape index (κ1) is 11.7. The highest BCUT2D eigenvalue weighted by atomic mass is 16.5. The van der Waals surface area contributed by atoms with E-state index >= 15 is 0 Å². The maximum Gasteiger partial charge on any atom is 0.0469 e. The quantitative estimate of drug-likeness (QED) is 0.825. The summed E-state index contributed by atoms with van der Waals surface area (Å²) < 4.78 is 7.65.